The first-order valence-corrected chi connectivity index (χ1v) is 3.52. The van der Waals surface area contributed by atoms with E-state index < -0.39 is 0 Å². The molecule has 0 aliphatic rings. The summed E-state index contributed by atoms with van der Waals surface area (Å²) >= 11 is 0. The van der Waals surface area contributed by atoms with Gasteiger partial charge in [0.25, 0.3) is 0 Å². The summed E-state index contributed by atoms with van der Waals surface area (Å²) in [5.41, 5.74) is 0. The maximum atomic E-state index is 8.13. The van der Waals surface area contributed by atoms with Crippen LogP contribution < -0.4 is 0 Å². The largest absolute Gasteiger partial charge is 0.351 e. The van der Waals surface area contributed by atoms with Gasteiger partial charge in [-0.2, -0.15) is 5.26 Å². The number of ether oxygens (including phenoxy) is 1. The summed E-state index contributed by atoms with van der Waals surface area (Å²) < 4.78 is 4.99. The standard InChI is InChI=1S/C7H14N2O/c1-3-9(4-2)7-10-6-5-8/h3-4,6-7H2,1-2H3. The molecule has 0 aromatic rings. The zero-order chi connectivity index (χ0) is 7.82. The fourth-order valence-electron chi connectivity index (χ4n) is 0.627. The maximum absolute atomic E-state index is 8.13. The molecule has 3 nitrogen and oxygen atoms in total. The van der Waals surface area contributed by atoms with Gasteiger partial charge in [0.15, 0.2) is 0 Å². The third kappa shape index (κ3) is 4.30. The molecule has 0 N–H and O–H groups in total. The zero-order valence-corrected chi connectivity index (χ0v) is 6.63. The number of nitrogens with zero attached hydrogens (tertiary/aromatic N) is 2. The quantitative estimate of drug-likeness (QED) is 0.421. The highest BCUT2D eigenvalue weighted by Gasteiger charge is 1.95. The molecule has 0 fully saturated rings. The molecule has 3 heteroatoms. The van der Waals surface area contributed by atoms with Gasteiger partial charge < -0.3 is 4.74 Å². The first-order chi connectivity index (χ1) is 4.85. The van der Waals surface area contributed by atoms with Crippen LogP contribution in [0.25, 0.3) is 0 Å². The first-order valence-electron chi connectivity index (χ1n) is 3.52. The Balaban J connectivity index is 3.19. The van der Waals surface area contributed by atoms with Crippen LogP contribution in [0.4, 0.5) is 0 Å². The second kappa shape index (κ2) is 6.53. The number of nitriles is 1. The van der Waals surface area contributed by atoms with E-state index in [4.69, 9.17) is 10.00 Å². The second-order valence-corrected chi connectivity index (χ2v) is 1.94. The van der Waals surface area contributed by atoms with Gasteiger partial charge in [-0.15, -0.1) is 0 Å². The van der Waals surface area contributed by atoms with E-state index in [1.54, 1.807) is 0 Å². The molecule has 0 spiro atoms. The minimum absolute atomic E-state index is 0.191. The SMILES string of the molecule is CCN(CC)COCC#N. The summed E-state index contributed by atoms with van der Waals surface area (Å²) in [5, 5.41) is 8.13. The highest BCUT2D eigenvalue weighted by molar-refractivity contribution is 4.66. The van der Waals surface area contributed by atoms with Crippen molar-refractivity contribution in [2.45, 2.75) is 13.8 Å². The smallest absolute Gasteiger partial charge is 0.135 e. The average Bonchev–Trinajstić information content (AvgIpc) is 1.99. The molecule has 0 rings (SSSR count). The van der Waals surface area contributed by atoms with Crippen LogP contribution in [-0.2, 0) is 4.74 Å². The van der Waals surface area contributed by atoms with E-state index in [2.05, 4.69) is 18.7 Å². The van der Waals surface area contributed by atoms with Crippen molar-refractivity contribution >= 4 is 0 Å². The number of hydrogen-bond acceptors (Lipinski definition) is 3. The van der Waals surface area contributed by atoms with Gasteiger partial charge in [0.1, 0.15) is 13.3 Å². The Morgan fingerprint density at radius 2 is 2.00 bits per heavy atom. The summed E-state index contributed by atoms with van der Waals surface area (Å²) in [7, 11) is 0. The summed E-state index contributed by atoms with van der Waals surface area (Å²) in [6.07, 6.45) is 0. The van der Waals surface area contributed by atoms with Gasteiger partial charge >= 0.3 is 0 Å². The van der Waals surface area contributed by atoms with Crippen molar-refractivity contribution in [1.29, 1.82) is 5.26 Å². The van der Waals surface area contributed by atoms with Crippen molar-refractivity contribution in [2.75, 3.05) is 26.4 Å². The van der Waals surface area contributed by atoms with E-state index in [-0.39, 0.29) is 6.61 Å². The Bertz CT molecular complexity index is 105. The van der Waals surface area contributed by atoms with Crippen molar-refractivity contribution < 1.29 is 4.74 Å². The van der Waals surface area contributed by atoms with Gasteiger partial charge in [-0.25, -0.2) is 0 Å². The van der Waals surface area contributed by atoms with Gasteiger partial charge in [0, 0.05) is 0 Å². The monoisotopic (exact) mass is 142 g/mol. The average molecular weight is 142 g/mol. The first kappa shape index (κ1) is 9.41. The highest BCUT2D eigenvalue weighted by Crippen LogP contribution is 1.86. The lowest BCUT2D eigenvalue weighted by Crippen LogP contribution is -2.25. The van der Waals surface area contributed by atoms with Gasteiger partial charge in [-0.3, -0.25) is 4.90 Å². The summed E-state index contributed by atoms with van der Waals surface area (Å²) in [4.78, 5) is 2.11. The van der Waals surface area contributed by atoms with E-state index in [1.165, 1.54) is 0 Å². The lowest BCUT2D eigenvalue weighted by Gasteiger charge is -2.16. The Labute approximate surface area is 62.2 Å². The third-order valence-corrected chi connectivity index (χ3v) is 1.33. The molecule has 0 saturated carbocycles. The van der Waals surface area contributed by atoms with Crippen molar-refractivity contribution in [1.82, 2.24) is 4.90 Å². The molecule has 10 heavy (non-hydrogen) atoms. The fourth-order valence-corrected chi connectivity index (χ4v) is 0.627. The minimum Gasteiger partial charge on any atom is -0.351 e. The van der Waals surface area contributed by atoms with Gasteiger partial charge in [0.05, 0.1) is 6.07 Å². The minimum atomic E-state index is 0.191. The highest BCUT2D eigenvalue weighted by atomic mass is 16.5. The molecule has 0 aliphatic carbocycles. The molecule has 0 aromatic carbocycles. The molecule has 0 unspecified atom stereocenters. The van der Waals surface area contributed by atoms with Gasteiger partial charge in [-0.05, 0) is 13.1 Å². The fraction of sp³-hybridized carbons (Fsp3) is 0.857. The van der Waals surface area contributed by atoms with Crippen LogP contribution in [0.3, 0.4) is 0 Å². The van der Waals surface area contributed by atoms with Crippen LogP contribution in [0, 0.1) is 11.3 Å². The van der Waals surface area contributed by atoms with Crippen LogP contribution in [0.5, 0.6) is 0 Å². The van der Waals surface area contributed by atoms with E-state index in [9.17, 15) is 0 Å². The molecular weight excluding hydrogens is 128 g/mol. The van der Waals surface area contributed by atoms with E-state index >= 15 is 0 Å². The van der Waals surface area contributed by atoms with Crippen molar-refractivity contribution in [2.24, 2.45) is 0 Å². The molecule has 0 bridgehead atoms. The molecule has 0 heterocycles. The lowest BCUT2D eigenvalue weighted by atomic mass is 10.6. The Morgan fingerprint density at radius 3 is 2.40 bits per heavy atom. The zero-order valence-electron chi connectivity index (χ0n) is 6.63. The van der Waals surface area contributed by atoms with Crippen LogP contribution in [-0.4, -0.2) is 31.3 Å². The predicted molar refractivity (Wildman–Crippen MR) is 39.4 cm³/mol. The third-order valence-electron chi connectivity index (χ3n) is 1.33. The van der Waals surface area contributed by atoms with Crippen molar-refractivity contribution in [3.8, 4) is 6.07 Å². The Kier molecular flexibility index (Phi) is 6.14. The number of rotatable bonds is 5. The van der Waals surface area contributed by atoms with Gasteiger partial charge in [0.2, 0.25) is 0 Å². The molecule has 0 aliphatic heterocycles. The van der Waals surface area contributed by atoms with Gasteiger partial charge in [-0.1, -0.05) is 13.8 Å². The topological polar surface area (TPSA) is 36.3 Å². The molecular formula is C7H14N2O. The summed E-state index contributed by atoms with van der Waals surface area (Å²) in [6.45, 7) is 6.85. The van der Waals surface area contributed by atoms with Crippen LogP contribution in [0.2, 0.25) is 0 Å². The Hall–Kier alpha value is -0.590. The van der Waals surface area contributed by atoms with Crippen molar-refractivity contribution in [3.63, 3.8) is 0 Å². The molecule has 0 saturated heterocycles. The van der Waals surface area contributed by atoms with Crippen molar-refractivity contribution in [3.05, 3.63) is 0 Å². The molecule has 0 amide bonds. The van der Waals surface area contributed by atoms with Crippen LogP contribution in [0.15, 0.2) is 0 Å². The number of hydrogen-bond donors (Lipinski definition) is 0. The van der Waals surface area contributed by atoms with Crippen LogP contribution >= 0.6 is 0 Å². The van der Waals surface area contributed by atoms with E-state index in [1.807, 2.05) is 6.07 Å². The van der Waals surface area contributed by atoms with E-state index in [0.29, 0.717) is 6.73 Å². The lowest BCUT2D eigenvalue weighted by molar-refractivity contribution is 0.0523. The maximum Gasteiger partial charge on any atom is 0.135 e. The normalized spacial score (nSPS) is 9.80. The molecule has 0 atom stereocenters. The predicted octanol–water partition coefficient (Wildman–Crippen LogP) is 0.826. The molecule has 0 aromatic heterocycles. The Morgan fingerprint density at radius 1 is 1.40 bits per heavy atom. The summed E-state index contributed by atoms with van der Waals surface area (Å²) in [5.74, 6) is 0. The van der Waals surface area contributed by atoms with Crippen LogP contribution in [0.1, 0.15) is 13.8 Å². The van der Waals surface area contributed by atoms with E-state index in [0.717, 1.165) is 13.1 Å². The molecule has 58 valence electrons. The molecule has 0 radical (unpaired) electrons. The summed E-state index contributed by atoms with van der Waals surface area (Å²) in [6, 6.07) is 1.92. The second-order valence-electron chi connectivity index (χ2n) is 1.94.